The lowest BCUT2D eigenvalue weighted by molar-refractivity contribution is -0.123. The molecule has 0 unspecified atom stereocenters. The van der Waals surface area contributed by atoms with Crippen molar-refractivity contribution in [2.75, 3.05) is 25.1 Å². The van der Waals surface area contributed by atoms with E-state index in [1.165, 1.54) is 13.2 Å². The van der Waals surface area contributed by atoms with E-state index in [9.17, 15) is 23.3 Å². The predicted molar refractivity (Wildman–Crippen MR) is 132 cm³/mol. The number of rotatable bonds is 9. The molecule has 10 heteroatoms. The number of benzene rings is 1. The Morgan fingerprint density at radius 2 is 1.89 bits per heavy atom. The average Bonchev–Trinajstić information content (AvgIpc) is 2.84. The van der Waals surface area contributed by atoms with Crippen LogP contribution in [0.15, 0.2) is 30.3 Å². The summed E-state index contributed by atoms with van der Waals surface area (Å²) < 4.78 is 32.5. The van der Waals surface area contributed by atoms with E-state index in [0.717, 1.165) is 5.56 Å². The number of nitrogens with zero attached hydrogens (tertiary/aromatic N) is 3. The molecule has 0 atom stereocenters. The number of aromatic nitrogens is 1. The van der Waals surface area contributed by atoms with Gasteiger partial charge in [0.15, 0.2) is 11.6 Å². The number of piperidine rings is 1. The second kappa shape index (κ2) is 11.3. The lowest BCUT2D eigenvalue weighted by Crippen LogP contribution is -2.43. The van der Waals surface area contributed by atoms with Gasteiger partial charge in [0.2, 0.25) is 21.8 Å². The third kappa shape index (κ3) is 6.57. The topological polar surface area (TPSA) is 129 Å². The van der Waals surface area contributed by atoms with Gasteiger partial charge in [0.1, 0.15) is 6.07 Å². The number of nitriles is 1. The average molecular weight is 499 g/mol. The van der Waals surface area contributed by atoms with Crippen LogP contribution < -0.4 is 14.4 Å². The highest BCUT2D eigenvalue weighted by atomic mass is 32.2. The summed E-state index contributed by atoms with van der Waals surface area (Å²) >= 11 is 0. The molecule has 1 aliphatic rings. The monoisotopic (exact) mass is 498 g/mol. The first-order valence-electron chi connectivity index (χ1n) is 11.5. The van der Waals surface area contributed by atoms with E-state index < -0.39 is 21.8 Å². The maximum atomic E-state index is 12.7. The minimum Gasteiger partial charge on any atom is -0.480 e. The lowest BCUT2D eigenvalue weighted by Gasteiger charge is -2.32. The fourth-order valence-corrected chi connectivity index (χ4v) is 5.23. The number of Topliss-reactive ketones (excluding diaryl/α,β-unsaturated/α-hetero) is 1. The van der Waals surface area contributed by atoms with Gasteiger partial charge in [0.25, 0.3) is 0 Å². The molecule has 0 radical (unpaired) electrons. The highest BCUT2D eigenvalue weighted by Gasteiger charge is 2.30. The summed E-state index contributed by atoms with van der Waals surface area (Å²) in [5.74, 6) is -0.846. The number of ether oxygens (including phenoxy) is 1. The van der Waals surface area contributed by atoms with Gasteiger partial charge >= 0.3 is 0 Å². The summed E-state index contributed by atoms with van der Waals surface area (Å²) in [6, 6.07) is 10.7. The number of ketones is 1. The Hall–Kier alpha value is -3.45. The third-order valence-corrected chi connectivity index (χ3v) is 7.18. The van der Waals surface area contributed by atoms with Crippen LogP contribution in [-0.2, 0) is 20.6 Å². The Balaban J connectivity index is 1.67. The zero-order valence-electron chi connectivity index (χ0n) is 20.2. The van der Waals surface area contributed by atoms with Crippen LogP contribution in [0.2, 0.25) is 0 Å². The SMILES string of the molecule is CCCC(=O)c1cc(C#N)c(N2CCC(C(=O)NS(=O)(=O)Cc3ccc(C)cc3)CC2)nc1OC. The smallest absolute Gasteiger partial charge is 0.239 e. The molecule has 1 aromatic heterocycles. The first-order chi connectivity index (χ1) is 16.7. The van der Waals surface area contributed by atoms with Gasteiger partial charge in [-0.05, 0) is 37.8 Å². The molecule has 2 heterocycles. The van der Waals surface area contributed by atoms with Crippen molar-refractivity contribution in [1.82, 2.24) is 9.71 Å². The van der Waals surface area contributed by atoms with E-state index in [2.05, 4.69) is 15.8 Å². The second-order valence-electron chi connectivity index (χ2n) is 8.67. The molecule has 1 amide bonds. The third-order valence-electron chi connectivity index (χ3n) is 5.96. The minimum atomic E-state index is -3.82. The molecule has 1 aliphatic heterocycles. The number of amides is 1. The summed E-state index contributed by atoms with van der Waals surface area (Å²) in [6.45, 7) is 4.62. The number of sulfonamides is 1. The standard InChI is InChI=1S/C25H30N4O5S/c1-4-5-22(30)21-14-20(15-26)23(27-25(21)34-3)29-12-10-19(11-13-29)24(31)28-35(32,33)16-18-8-6-17(2)7-9-18/h6-9,14,19H,4-5,10-13,16H2,1-3H3,(H,28,31). The summed E-state index contributed by atoms with van der Waals surface area (Å²) in [7, 11) is -2.39. The van der Waals surface area contributed by atoms with Crippen LogP contribution in [-0.4, -0.2) is 45.3 Å². The molecule has 186 valence electrons. The number of hydrogen-bond donors (Lipinski definition) is 1. The van der Waals surface area contributed by atoms with E-state index in [-0.39, 0.29) is 28.5 Å². The van der Waals surface area contributed by atoms with E-state index in [4.69, 9.17) is 4.74 Å². The molecule has 0 spiro atoms. The molecular formula is C25H30N4O5S. The van der Waals surface area contributed by atoms with E-state index >= 15 is 0 Å². The fourth-order valence-electron chi connectivity index (χ4n) is 4.06. The quantitative estimate of drug-likeness (QED) is 0.522. The van der Waals surface area contributed by atoms with Crippen molar-refractivity contribution in [2.24, 2.45) is 5.92 Å². The molecule has 1 saturated heterocycles. The summed E-state index contributed by atoms with van der Waals surface area (Å²) in [4.78, 5) is 31.4. The van der Waals surface area contributed by atoms with Gasteiger partial charge in [-0.25, -0.2) is 8.42 Å². The number of aryl methyl sites for hydroxylation is 1. The summed E-state index contributed by atoms with van der Waals surface area (Å²) in [6.07, 6.45) is 1.80. The highest BCUT2D eigenvalue weighted by Crippen LogP contribution is 2.30. The number of carbonyl (C=O) groups is 2. The van der Waals surface area contributed by atoms with Crippen LogP contribution >= 0.6 is 0 Å². The van der Waals surface area contributed by atoms with Crippen LogP contribution in [0.1, 0.15) is 59.7 Å². The first-order valence-corrected chi connectivity index (χ1v) is 13.2. The highest BCUT2D eigenvalue weighted by molar-refractivity contribution is 7.89. The van der Waals surface area contributed by atoms with Crippen molar-refractivity contribution in [3.8, 4) is 11.9 Å². The van der Waals surface area contributed by atoms with Crippen molar-refractivity contribution in [2.45, 2.75) is 45.3 Å². The largest absolute Gasteiger partial charge is 0.480 e. The number of carbonyl (C=O) groups excluding carboxylic acids is 2. The van der Waals surface area contributed by atoms with Gasteiger partial charge in [-0.1, -0.05) is 36.8 Å². The Bertz CT molecular complexity index is 1230. The van der Waals surface area contributed by atoms with E-state index in [0.29, 0.717) is 50.2 Å². The molecule has 0 bridgehead atoms. The van der Waals surface area contributed by atoms with Crippen molar-refractivity contribution in [1.29, 1.82) is 5.26 Å². The normalized spacial score (nSPS) is 14.3. The van der Waals surface area contributed by atoms with Gasteiger partial charge in [-0.3, -0.25) is 14.3 Å². The number of nitrogens with one attached hydrogen (secondary N) is 1. The number of methoxy groups -OCH3 is 1. The van der Waals surface area contributed by atoms with Crippen LogP contribution in [0.4, 0.5) is 5.82 Å². The van der Waals surface area contributed by atoms with Crippen LogP contribution in [0, 0.1) is 24.2 Å². The lowest BCUT2D eigenvalue weighted by atomic mass is 9.96. The molecule has 9 nitrogen and oxygen atoms in total. The van der Waals surface area contributed by atoms with Crippen molar-refractivity contribution in [3.63, 3.8) is 0 Å². The van der Waals surface area contributed by atoms with Crippen molar-refractivity contribution < 1.29 is 22.7 Å². The van der Waals surface area contributed by atoms with Crippen LogP contribution in [0.25, 0.3) is 0 Å². The molecule has 35 heavy (non-hydrogen) atoms. The molecule has 3 rings (SSSR count). The maximum Gasteiger partial charge on any atom is 0.239 e. The maximum absolute atomic E-state index is 12.7. The van der Waals surface area contributed by atoms with Crippen molar-refractivity contribution in [3.05, 3.63) is 52.6 Å². The van der Waals surface area contributed by atoms with Gasteiger partial charge < -0.3 is 9.64 Å². The van der Waals surface area contributed by atoms with Crippen molar-refractivity contribution >= 4 is 27.5 Å². The zero-order chi connectivity index (χ0) is 25.6. The fraction of sp³-hybridized carbons (Fsp3) is 0.440. The van der Waals surface area contributed by atoms with Gasteiger partial charge in [0, 0.05) is 25.4 Å². The van der Waals surface area contributed by atoms with Gasteiger partial charge in [0.05, 0.1) is 24.0 Å². The molecular weight excluding hydrogens is 468 g/mol. The number of anilines is 1. The molecule has 1 fully saturated rings. The molecule has 2 aromatic rings. The Morgan fingerprint density at radius 1 is 1.23 bits per heavy atom. The summed E-state index contributed by atoms with van der Waals surface area (Å²) in [5.41, 5.74) is 2.17. The van der Waals surface area contributed by atoms with Crippen LogP contribution in [0.3, 0.4) is 0 Å². The zero-order valence-corrected chi connectivity index (χ0v) is 21.0. The Morgan fingerprint density at radius 3 is 2.46 bits per heavy atom. The van der Waals surface area contributed by atoms with Gasteiger partial charge in [-0.15, -0.1) is 0 Å². The predicted octanol–water partition coefficient (Wildman–Crippen LogP) is 3.12. The van der Waals surface area contributed by atoms with Crippen LogP contribution in [0.5, 0.6) is 5.88 Å². The summed E-state index contributed by atoms with van der Waals surface area (Å²) in [5, 5.41) is 9.65. The minimum absolute atomic E-state index is 0.137. The Labute approximate surface area is 206 Å². The molecule has 1 aromatic carbocycles. The van der Waals surface area contributed by atoms with E-state index in [1.807, 2.05) is 30.9 Å². The molecule has 0 saturated carbocycles. The second-order valence-corrected chi connectivity index (χ2v) is 10.4. The number of hydrogen-bond acceptors (Lipinski definition) is 8. The Kier molecular flexibility index (Phi) is 8.46. The molecule has 1 N–H and O–H groups in total. The first kappa shape index (κ1) is 26.2. The van der Waals surface area contributed by atoms with E-state index in [1.54, 1.807) is 12.1 Å². The number of pyridine rings is 1. The molecule has 0 aliphatic carbocycles. The van der Waals surface area contributed by atoms with Gasteiger partial charge in [-0.2, -0.15) is 10.2 Å².